The van der Waals surface area contributed by atoms with Crippen molar-refractivity contribution in [2.75, 3.05) is 5.32 Å². The highest BCUT2D eigenvalue weighted by Crippen LogP contribution is 2.30. The lowest BCUT2D eigenvalue weighted by Gasteiger charge is -2.08. The Morgan fingerprint density at radius 2 is 1.96 bits per heavy atom. The second-order valence-corrected chi connectivity index (χ2v) is 6.17. The van der Waals surface area contributed by atoms with Gasteiger partial charge in [0.15, 0.2) is 11.5 Å². The van der Waals surface area contributed by atoms with Gasteiger partial charge in [-0.15, -0.1) is 0 Å². The fourth-order valence-corrected chi connectivity index (χ4v) is 3.04. The van der Waals surface area contributed by atoms with Crippen molar-refractivity contribution in [1.82, 2.24) is 24.7 Å². The number of nitrogens with zero attached hydrogens (tertiary/aromatic N) is 4. The summed E-state index contributed by atoms with van der Waals surface area (Å²) >= 11 is 0. The van der Waals surface area contributed by atoms with E-state index < -0.39 is 11.9 Å². The average molecular weight is 388 g/mol. The molecule has 0 spiro atoms. The van der Waals surface area contributed by atoms with Crippen LogP contribution in [0.1, 0.15) is 18.4 Å². The number of imidazole rings is 1. The number of nitrogens with one attached hydrogen (secondary N) is 2. The van der Waals surface area contributed by atoms with E-state index in [0.717, 1.165) is 22.9 Å². The van der Waals surface area contributed by atoms with Crippen LogP contribution in [-0.2, 0) is 23.9 Å². The SMILES string of the molecule is CCc1nc2ccccc2n1CC(=O)Nc1n[nH]c2nc(C(F)(F)F)ccc12. The maximum atomic E-state index is 12.8. The molecule has 2 N–H and O–H groups in total. The summed E-state index contributed by atoms with van der Waals surface area (Å²) in [4.78, 5) is 20.6. The first-order valence-corrected chi connectivity index (χ1v) is 8.53. The van der Waals surface area contributed by atoms with Crippen molar-refractivity contribution in [2.24, 2.45) is 0 Å². The normalized spacial score (nSPS) is 12.0. The fraction of sp³-hybridized carbons (Fsp3) is 0.222. The van der Waals surface area contributed by atoms with Crippen LogP contribution >= 0.6 is 0 Å². The summed E-state index contributed by atoms with van der Waals surface area (Å²) in [5.74, 6) is 0.523. The van der Waals surface area contributed by atoms with Crippen molar-refractivity contribution < 1.29 is 18.0 Å². The lowest BCUT2D eigenvalue weighted by atomic mass is 10.2. The topological polar surface area (TPSA) is 88.5 Å². The molecule has 144 valence electrons. The van der Waals surface area contributed by atoms with Gasteiger partial charge in [0.1, 0.15) is 18.1 Å². The molecular weight excluding hydrogens is 373 g/mol. The van der Waals surface area contributed by atoms with Gasteiger partial charge in [0.05, 0.1) is 16.4 Å². The molecule has 0 fully saturated rings. The Labute approximate surface area is 156 Å². The Bertz CT molecular complexity index is 1180. The summed E-state index contributed by atoms with van der Waals surface area (Å²) in [6.07, 6.45) is -3.90. The van der Waals surface area contributed by atoms with Gasteiger partial charge in [-0.1, -0.05) is 19.1 Å². The van der Waals surface area contributed by atoms with Gasteiger partial charge in [0, 0.05) is 6.42 Å². The van der Waals surface area contributed by atoms with Gasteiger partial charge in [-0.05, 0) is 24.3 Å². The van der Waals surface area contributed by atoms with E-state index >= 15 is 0 Å². The van der Waals surface area contributed by atoms with Crippen LogP contribution in [0.4, 0.5) is 19.0 Å². The Morgan fingerprint density at radius 3 is 2.71 bits per heavy atom. The summed E-state index contributed by atoms with van der Waals surface area (Å²) in [5.41, 5.74) is 0.547. The van der Waals surface area contributed by atoms with Crippen LogP contribution in [0, 0.1) is 0 Å². The number of anilines is 1. The molecule has 0 bridgehead atoms. The summed E-state index contributed by atoms with van der Waals surface area (Å²) in [7, 11) is 0. The minimum atomic E-state index is -4.55. The van der Waals surface area contributed by atoms with E-state index in [-0.39, 0.29) is 23.9 Å². The van der Waals surface area contributed by atoms with Crippen molar-refractivity contribution >= 4 is 33.8 Å². The molecule has 4 aromatic rings. The van der Waals surface area contributed by atoms with Crippen molar-refractivity contribution in [2.45, 2.75) is 26.1 Å². The highest BCUT2D eigenvalue weighted by Gasteiger charge is 2.33. The first-order chi connectivity index (χ1) is 13.4. The molecule has 4 rings (SSSR count). The number of para-hydroxylation sites is 2. The van der Waals surface area contributed by atoms with E-state index in [1.54, 1.807) is 4.57 Å². The molecule has 10 heteroatoms. The average Bonchev–Trinajstić information content (AvgIpc) is 3.22. The minimum Gasteiger partial charge on any atom is -0.318 e. The molecule has 3 aromatic heterocycles. The number of pyridine rings is 1. The van der Waals surface area contributed by atoms with E-state index in [9.17, 15) is 18.0 Å². The van der Waals surface area contributed by atoms with Gasteiger partial charge in [0.2, 0.25) is 5.91 Å². The van der Waals surface area contributed by atoms with Gasteiger partial charge in [0.25, 0.3) is 0 Å². The smallest absolute Gasteiger partial charge is 0.318 e. The van der Waals surface area contributed by atoms with Crippen LogP contribution in [0.2, 0.25) is 0 Å². The largest absolute Gasteiger partial charge is 0.433 e. The summed E-state index contributed by atoms with van der Waals surface area (Å²) in [6, 6.07) is 9.57. The standard InChI is InChI=1S/C18H15F3N6O/c1-2-14-22-11-5-3-4-6-12(11)27(14)9-15(28)24-17-10-7-8-13(18(19,20)21)23-16(10)25-26-17/h3-8H,2,9H2,1H3,(H2,23,24,25,26,28). The number of H-pyrrole nitrogens is 1. The Hall–Kier alpha value is -3.43. The highest BCUT2D eigenvalue weighted by atomic mass is 19.4. The van der Waals surface area contributed by atoms with E-state index in [1.165, 1.54) is 6.07 Å². The van der Waals surface area contributed by atoms with Crippen LogP contribution in [0.15, 0.2) is 36.4 Å². The summed E-state index contributed by atoms with van der Waals surface area (Å²) < 4.78 is 40.1. The molecular formula is C18H15F3N6O. The molecule has 0 atom stereocenters. The quantitative estimate of drug-likeness (QED) is 0.560. The lowest BCUT2D eigenvalue weighted by molar-refractivity contribution is -0.141. The van der Waals surface area contributed by atoms with Gasteiger partial charge in [-0.25, -0.2) is 9.97 Å². The van der Waals surface area contributed by atoms with E-state index in [4.69, 9.17) is 0 Å². The van der Waals surface area contributed by atoms with Crippen LogP contribution < -0.4 is 5.32 Å². The van der Waals surface area contributed by atoms with Gasteiger partial charge in [-0.2, -0.15) is 18.3 Å². The van der Waals surface area contributed by atoms with Gasteiger partial charge in [-0.3, -0.25) is 9.89 Å². The third-order valence-electron chi connectivity index (χ3n) is 4.32. The predicted octanol–water partition coefficient (Wildman–Crippen LogP) is 3.53. The molecule has 0 saturated heterocycles. The third kappa shape index (κ3) is 3.17. The van der Waals surface area contributed by atoms with Crippen molar-refractivity contribution in [3.8, 4) is 0 Å². The molecule has 0 aliphatic heterocycles. The Balaban J connectivity index is 1.60. The fourth-order valence-electron chi connectivity index (χ4n) is 3.04. The second kappa shape index (κ2) is 6.63. The zero-order chi connectivity index (χ0) is 19.9. The Kier molecular flexibility index (Phi) is 4.25. The number of carbonyl (C=O) groups excluding carboxylic acids is 1. The first-order valence-electron chi connectivity index (χ1n) is 8.53. The lowest BCUT2D eigenvalue weighted by Crippen LogP contribution is -2.20. The molecule has 7 nitrogen and oxygen atoms in total. The number of carbonyl (C=O) groups is 1. The maximum absolute atomic E-state index is 12.8. The van der Waals surface area contributed by atoms with Crippen LogP contribution in [0.5, 0.6) is 0 Å². The van der Waals surface area contributed by atoms with E-state index in [1.807, 2.05) is 31.2 Å². The monoisotopic (exact) mass is 388 g/mol. The van der Waals surface area contributed by atoms with Crippen molar-refractivity contribution in [3.63, 3.8) is 0 Å². The molecule has 0 radical (unpaired) electrons. The zero-order valence-electron chi connectivity index (χ0n) is 14.7. The number of aromatic amines is 1. The number of alkyl halides is 3. The number of benzene rings is 1. The molecule has 0 aliphatic carbocycles. The first kappa shape index (κ1) is 18.0. The maximum Gasteiger partial charge on any atom is 0.433 e. The van der Waals surface area contributed by atoms with E-state index in [0.29, 0.717) is 11.8 Å². The molecule has 3 heterocycles. The molecule has 1 amide bonds. The number of aromatic nitrogens is 5. The Morgan fingerprint density at radius 1 is 1.18 bits per heavy atom. The van der Waals surface area contributed by atoms with Gasteiger partial charge >= 0.3 is 6.18 Å². The van der Waals surface area contributed by atoms with E-state index in [2.05, 4.69) is 25.5 Å². The second-order valence-electron chi connectivity index (χ2n) is 6.17. The van der Waals surface area contributed by atoms with Crippen LogP contribution in [-0.4, -0.2) is 30.6 Å². The third-order valence-corrected chi connectivity index (χ3v) is 4.32. The highest BCUT2D eigenvalue weighted by molar-refractivity contribution is 5.99. The van der Waals surface area contributed by atoms with Gasteiger partial charge < -0.3 is 9.88 Å². The molecule has 0 unspecified atom stereocenters. The minimum absolute atomic E-state index is 0.00605. The predicted molar refractivity (Wildman–Crippen MR) is 96.6 cm³/mol. The number of aryl methyl sites for hydroxylation is 1. The molecule has 0 saturated carbocycles. The number of fused-ring (bicyclic) bond motifs is 2. The van der Waals surface area contributed by atoms with Crippen molar-refractivity contribution in [1.29, 1.82) is 0 Å². The van der Waals surface area contributed by atoms with Crippen LogP contribution in [0.3, 0.4) is 0 Å². The van der Waals surface area contributed by atoms with Crippen LogP contribution in [0.25, 0.3) is 22.1 Å². The summed E-state index contributed by atoms with van der Waals surface area (Å²) in [5, 5.41) is 9.23. The van der Waals surface area contributed by atoms with Crippen molar-refractivity contribution in [3.05, 3.63) is 47.9 Å². The molecule has 1 aromatic carbocycles. The number of halogens is 3. The number of hydrogen-bond donors (Lipinski definition) is 2. The molecule has 0 aliphatic rings. The number of rotatable bonds is 4. The summed E-state index contributed by atoms with van der Waals surface area (Å²) in [6.45, 7) is 1.95. The number of hydrogen-bond acceptors (Lipinski definition) is 4. The number of amides is 1. The molecule has 28 heavy (non-hydrogen) atoms. The zero-order valence-corrected chi connectivity index (χ0v) is 14.7.